The van der Waals surface area contributed by atoms with Crippen LogP contribution in [-0.4, -0.2) is 37.2 Å². The molecule has 396 valence electrons. The predicted molar refractivity (Wildman–Crippen MR) is 293 cm³/mol. The Bertz CT molecular complexity index is 1190. The Hall–Kier alpha value is -2.63. The van der Waals surface area contributed by atoms with Crippen molar-refractivity contribution in [1.29, 1.82) is 0 Å². The second kappa shape index (κ2) is 57.0. The van der Waals surface area contributed by atoms with E-state index >= 15 is 0 Å². The minimum absolute atomic E-state index is 0.0712. The van der Waals surface area contributed by atoms with Crippen LogP contribution >= 0.6 is 0 Å². The molecule has 1 unspecified atom stereocenters. The lowest BCUT2D eigenvalue weighted by molar-refractivity contribution is -0.167. The third-order valence-corrected chi connectivity index (χ3v) is 13.1. The van der Waals surface area contributed by atoms with E-state index in [1.54, 1.807) is 0 Å². The summed E-state index contributed by atoms with van der Waals surface area (Å²) in [6.07, 6.45) is 69.7. The Labute approximate surface area is 422 Å². The molecule has 0 N–H and O–H groups in total. The molecule has 0 aromatic heterocycles. The standard InChI is InChI=1S/C62H112O6/c1-4-7-10-13-16-19-22-24-26-28-30-31-33-34-36-38-40-43-46-49-52-55-61(64)67-58-59(57-66-60(63)54-51-48-45-42-21-18-15-12-9-6-3)68-62(65)56-53-50-47-44-41-39-37-35-32-29-27-25-23-20-17-14-11-8-5-2/h7,10,16,19,24,26,30-31,59H,4-6,8-9,11-15,17-18,20-23,25,27-29,32-58H2,1-3H3/b10-7-,19-16-,26-24-,31-30-. The lowest BCUT2D eigenvalue weighted by atomic mass is 10.0. The van der Waals surface area contributed by atoms with Gasteiger partial charge in [0.1, 0.15) is 13.2 Å². The molecule has 0 radical (unpaired) electrons. The summed E-state index contributed by atoms with van der Waals surface area (Å²) in [6, 6.07) is 0. The van der Waals surface area contributed by atoms with E-state index in [9.17, 15) is 14.4 Å². The van der Waals surface area contributed by atoms with Crippen LogP contribution in [0.1, 0.15) is 310 Å². The summed E-state index contributed by atoms with van der Waals surface area (Å²) in [5, 5.41) is 0. The van der Waals surface area contributed by atoms with Gasteiger partial charge in [-0.2, -0.15) is 0 Å². The molecule has 0 rings (SSSR count). The van der Waals surface area contributed by atoms with E-state index in [1.165, 1.54) is 180 Å². The second-order valence-electron chi connectivity index (χ2n) is 19.9. The van der Waals surface area contributed by atoms with Gasteiger partial charge in [-0.15, -0.1) is 0 Å². The maximum Gasteiger partial charge on any atom is 0.306 e. The first kappa shape index (κ1) is 65.4. The third-order valence-electron chi connectivity index (χ3n) is 13.1. The van der Waals surface area contributed by atoms with Crippen LogP contribution < -0.4 is 0 Å². The number of esters is 3. The molecule has 6 heteroatoms. The molecule has 0 fully saturated rings. The zero-order valence-corrected chi connectivity index (χ0v) is 45.4. The van der Waals surface area contributed by atoms with Gasteiger partial charge in [-0.25, -0.2) is 0 Å². The number of hydrogen-bond acceptors (Lipinski definition) is 6. The third kappa shape index (κ3) is 54.3. The molecule has 68 heavy (non-hydrogen) atoms. The molecule has 0 aliphatic rings. The van der Waals surface area contributed by atoms with E-state index < -0.39 is 6.10 Å². The van der Waals surface area contributed by atoms with E-state index in [4.69, 9.17) is 14.2 Å². The summed E-state index contributed by atoms with van der Waals surface area (Å²) < 4.78 is 16.9. The van der Waals surface area contributed by atoms with Crippen molar-refractivity contribution in [2.24, 2.45) is 0 Å². The molecule has 0 saturated heterocycles. The first-order valence-electron chi connectivity index (χ1n) is 29.6. The Morgan fingerprint density at radius 1 is 0.309 bits per heavy atom. The molecule has 0 bridgehead atoms. The van der Waals surface area contributed by atoms with Crippen LogP contribution in [0.3, 0.4) is 0 Å². The van der Waals surface area contributed by atoms with Crippen LogP contribution in [0.15, 0.2) is 48.6 Å². The van der Waals surface area contributed by atoms with Gasteiger partial charge in [0.05, 0.1) is 0 Å². The molecule has 0 spiro atoms. The van der Waals surface area contributed by atoms with E-state index in [0.717, 1.165) is 89.9 Å². The Morgan fingerprint density at radius 2 is 0.574 bits per heavy atom. The molecule has 0 saturated carbocycles. The van der Waals surface area contributed by atoms with Gasteiger partial charge in [0.2, 0.25) is 0 Å². The molecule has 0 heterocycles. The highest BCUT2D eigenvalue weighted by Gasteiger charge is 2.19. The molecular formula is C62H112O6. The van der Waals surface area contributed by atoms with E-state index in [-0.39, 0.29) is 31.1 Å². The molecule has 0 amide bonds. The van der Waals surface area contributed by atoms with Gasteiger partial charge in [-0.05, 0) is 57.8 Å². The van der Waals surface area contributed by atoms with Crippen molar-refractivity contribution in [1.82, 2.24) is 0 Å². The van der Waals surface area contributed by atoms with Crippen molar-refractivity contribution in [3.05, 3.63) is 48.6 Å². The van der Waals surface area contributed by atoms with Crippen molar-refractivity contribution in [3.63, 3.8) is 0 Å². The Morgan fingerprint density at radius 3 is 0.897 bits per heavy atom. The van der Waals surface area contributed by atoms with E-state index in [1.807, 2.05) is 0 Å². The molecule has 0 aromatic rings. The summed E-state index contributed by atoms with van der Waals surface area (Å²) in [7, 11) is 0. The fraction of sp³-hybridized carbons (Fsp3) is 0.823. The lowest BCUT2D eigenvalue weighted by Gasteiger charge is -2.18. The maximum absolute atomic E-state index is 12.9. The van der Waals surface area contributed by atoms with Crippen molar-refractivity contribution >= 4 is 17.9 Å². The van der Waals surface area contributed by atoms with Crippen LogP contribution in [0.5, 0.6) is 0 Å². The molecule has 0 aliphatic carbocycles. The largest absolute Gasteiger partial charge is 0.462 e. The Balaban J connectivity index is 4.27. The zero-order chi connectivity index (χ0) is 49.3. The average molecular weight is 954 g/mol. The summed E-state index contributed by atoms with van der Waals surface area (Å²) >= 11 is 0. The highest BCUT2D eigenvalue weighted by molar-refractivity contribution is 5.71. The van der Waals surface area contributed by atoms with Gasteiger partial charge >= 0.3 is 17.9 Å². The van der Waals surface area contributed by atoms with Crippen LogP contribution in [-0.2, 0) is 28.6 Å². The highest BCUT2D eigenvalue weighted by Crippen LogP contribution is 2.17. The van der Waals surface area contributed by atoms with Crippen molar-refractivity contribution in [2.75, 3.05) is 13.2 Å². The molecule has 0 aromatic carbocycles. The smallest absolute Gasteiger partial charge is 0.306 e. The van der Waals surface area contributed by atoms with Crippen molar-refractivity contribution in [2.45, 2.75) is 316 Å². The first-order valence-corrected chi connectivity index (χ1v) is 29.6. The minimum atomic E-state index is -0.772. The summed E-state index contributed by atoms with van der Waals surface area (Å²) in [6.45, 7) is 6.55. The van der Waals surface area contributed by atoms with Gasteiger partial charge in [-0.1, -0.05) is 281 Å². The van der Waals surface area contributed by atoms with Crippen LogP contribution in [0.4, 0.5) is 0 Å². The fourth-order valence-electron chi connectivity index (χ4n) is 8.67. The van der Waals surface area contributed by atoms with Gasteiger partial charge < -0.3 is 14.2 Å². The summed E-state index contributed by atoms with van der Waals surface area (Å²) in [5.74, 6) is -0.863. The van der Waals surface area contributed by atoms with E-state index in [0.29, 0.717) is 19.3 Å². The Kier molecular flexibility index (Phi) is 54.8. The molecule has 0 aliphatic heterocycles. The van der Waals surface area contributed by atoms with Crippen molar-refractivity contribution in [3.8, 4) is 0 Å². The molecule has 6 nitrogen and oxygen atoms in total. The number of rotatable bonds is 54. The molecule has 1 atom stereocenters. The monoisotopic (exact) mass is 953 g/mol. The second-order valence-corrected chi connectivity index (χ2v) is 19.9. The van der Waals surface area contributed by atoms with Gasteiger partial charge in [0.15, 0.2) is 6.10 Å². The van der Waals surface area contributed by atoms with Crippen LogP contribution in [0.2, 0.25) is 0 Å². The zero-order valence-electron chi connectivity index (χ0n) is 45.4. The number of carbonyl (C=O) groups excluding carboxylic acids is 3. The number of allylic oxidation sites excluding steroid dienone is 8. The van der Waals surface area contributed by atoms with Crippen LogP contribution in [0.25, 0.3) is 0 Å². The number of hydrogen-bond donors (Lipinski definition) is 0. The highest BCUT2D eigenvalue weighted by atomic mass is 16.6. The van der Waals surface area contributed by atoms with E-state index in [2.05, 4.69) is 69.4 Å². The normalized spacial score (nSPS) is 12.3. The van der Waals surface area contributed by atoms with Gasteiger partial charge in [-0.3, -0.25) is 14.4 Å². The van der Waals surface area contributed by atoms with Crippen molar-refractivity contribution < 1.29 is 28.6 Å². The number of carbonyl (C=O) groups is 3. The van der Waals surface area contributed by atoms with Gasteiger partial charge in [0, 0.05) is 19.3 Å². The SMILES string of the molecule is CC/C=C\C/C=C\C/C=C\C/C=C\CCCCCCCCCCC(=O)OCC(COC(=O)CCCCCCCCCCCC)OC(=O)CCCCCCCCCCCCCCCCCCCCC. The quantitative estimate of drug-likeness (QED) is 0.0262. The summed E-state index contributed by atoms with van der Waals surface area (Å²) in [5.41, 5.74) is 0. The number of ether oxygens (including phenoxy) is 3. The summed E-state index contributed by atoms with van der Waals surface area (Å²) in [4.78, 5) is 38.1. The number of unbranched alkanes of at least 4 members (excludes halogenated alkanes) is 35. The van der Waals surface area contributed by atoms with Gasteiger partial charge in [0.25, 0.3) is 0 Å². The molecular weight excluding hydrogens is 841 g/mol. The van der Waals surface area contributed by atoms with Crippen LogP contribution in [0, 0.1) is 0 Å². The first-order chi connectivity index (χ1) is 33.5. The minimum Gasteiger partial charge on any atom is -0.462 e. The maximum atomic E-state index is 12.9. The topological polar surface area (TPSA) is 78.9 Å². The fourth-order valence-corrected chi connectivity index (χ4v) is 8.67. The average Bonchev–Trinajstić information content (AvgIpc) is 3.34. The predicted octanol–water partition coefficient (Wildman–Crippen LogP) is 19.8. The lowest BCUT2D eigenvalue weighted by Crippen LogP contribution is -2.30.